The third-order valence-corrected chi connectivity index (χ3v) is 4.83. The summed E-state index contributed by atoms with van der Waals surface area (Å²) < 4.78 is 27.4. The predicted octanol–water partition coefficient (Wildman–Crippen LogP) is 4.18. The van der Waals surface area contributed by atoms with E-state index in [-0.39, 0.29) is 12.0 Å². The molecule has 26 heavy (non-hydrogen) atoms. The minimum absolute atomic E-state index is 0.00138. The average molecular weight is 378 g/mol. The number of hydrogen-bond acceptors (Lipinski definition) is 3. The van der Waals surface area contributed by atoms with Crippen molar-refractivity contribution >= 4 is 23.7 Å². The largest absolute Gasteiger partial charge is 0.334 e. The Bertz CT molecular complexity index is 736. The van der Waals surface area contributed by atoms with E-state index in [4.69, 9.17) is 0 Å². The van der Waals surface area contributed by atoms with Crippen LogP contribution in [-0.4, -0.2) is 17.7 Å². The third kappa shape index (κ3) is 6.15. The van der Waals surface area contributed by atoms with E-state index in [0.29, 0.717) is 12.3 Å². The number of halogens is 2. The fourth-order valence-corrected chi connectivity index (χ4v) is 3.37. The first-order chi connectivity index (χ1) is 12.5. The third-order valence-electron chi connectivity index (χ3n) is 3.65. The van der Waals surface area contributed by atoms with Gasteiger partial charge in [0.2, 0.25) is 5.91 Å². The second kappa shape index (κ2) is 9.91. The van der Waals surface area contributed by atoms with Gasteiger partial charge in [-0.05, 0) is 24.6 Å². The molecule has 0 aliphatic heterocycles. The SMILES string of the molecule is CC(SCCC(=O)NC(=O)NCc1ccccc1)c1c(F)cccc1F. The lowest BCUT2D eigenvalue weighted by molar-refractivity contribution is -0.119. The molecule has 138 valence electrons. The van der Waals surface area contributed by atoms with E-state index < -0.39 is 28.8 Å². The molecular weight excluding hydrogens is 358 g/mol. The lowest BCUT2D eigenvalue weighted by Crippen LogP contribution is -2.39. The average Bonchev–Trinajstić information content (AvgIpc) is 2.60. The van der Waals surface area contributed by atoms with Crippen molar-refractivity contribution in [3.05, 3.63) is 71.3 Å². The van der Waals surface area contributed by atoms with E-state index in [1.807, 2.05) is 30.3 Å². The van der Waals surface area contributed by atoms with Gasteiger partial charge in [-0.25, -0.2) is 13.6 Å². The minimum atomic E-state index is -0.602. The van der Waals surface area contributed by atoms with Crippen molar-refractivity contribution in [1.29, 1.82) is 0 Å². The van der Waals surface area contributed by atoms with Gasteiger partial charge in [-0.1, -0.05) is 36.4 Å². The molecule has 1 unspecified atom stereocenters. The quantitative estimate of drug-likeness (QED) is 0.760. The summed E-state index contributed by atoms with van der Waals surface area (Å²) in [6.07, 6.45) is 0.0732. The van der Waals surface area contributed by atoms with E-state index >= 15 is 0 Å². The summed E-state index contributed by atoms with van der Waals surface area (Å²) in [6, 6.07) is 12.5. The Labute approximate surface area is 155 Å². The molecule has 1 atom stereocenters. The highest BCUT2D eigenvalue weighted by molar-refractivity contribution is 7.99. The highest BCUT2D eigenvalue weighted by Gasteiger charge is 2.17. The molecule has 0 spiro atoms. The van der Waals surface area contributed by atoms with Crippen LogP contribution in [0.1, 0.15) is 29.7 Å². The first-order valence-corrected chi connectivity index (χ1v) is 9.19. The van der Waals surface area contributed by atoms with Crippen molar-refractivity contribution in [3.8, 4) is 0 Å². The van der Waals surface area contributed by atoms with Crippen LogP contribution in [0.15, 0.2) is 48.5 Å². The van der Waals surface area contributed by atoms with Crippen LogP contribution >= 0.6 is 11.8 Å². The molecule has 7 heteroatoms. The number of urea groups is 1. The first kappa shape index (κ1) is 19.9. The molecule has 0 aliphatic rings. The number of hydrogen-bond donors (Lipinski definition) is 2. The molecule has 2 rings (SSSR count). The fraction of sp³-hybridized carbons (Fsp3) is 0.263. The van der Waals surface area contributed by atoms with Crippen molar-refractivity contribution in [2.75, 3.05) is 5.75 Å². The smallest absolute Gasteiger partial charge is 0.321 e. The zero-order valence-electron chi connectivity index (χ0n) is 14.3. The summed E-state index contributed by atoms with van der Waals surface area (Å²) in [4.78, 5) is 23.5. The molecule has 2 N–H and O–H groups in total. The normalized spacial score (nSPS) is 11.7. The van der Waals surface area contributed by atoms with Crippen molar-refractivity contribution in [2.24, 2.45) is 0 Å². The van der Waals surface area contributed by atoms with E-state index in [1.165, 1.54) is 30.0 Å². The van der Waals surface area contributed by atoms with Crippen LogP contribution in [0.2, 0.25) is 0 Å². The number of benzene rings is 2. The van der Waals surface area contributed by atoms with Crippen LogP contribution in [0.4, 0.5) is 13.6 Å². The van der Waals surface area contributed by atoms with Gasteiger partial charge in [0.05, 0.1) is 0 Å². The standard InChI is InChI=1S/C19H20F2N2O2S/c1-13(18-15(20)8-5-9-16(18)21)26-11-10-17(24)23-19(25)22-12-14-6-3-2-4-7-14/h2-9,13H,10-12H2,1H3,(H2,22,23,24,25). The van der Waals surface area contributed by atoms with Crippen LogP contribution in [0.5, 0.6) is 0 Å². The molecule has 0 heterocycles. The Morgan fingerprint density at radius 3 is 2.35 bits per heavy atom. The van der Waals surface area contributed by atoms with Gasteiger partial charge < -0.3 is 5.32 Å². The van der Waals surface area contributed by atoms with Gasteiger partial charge in [-0.2, -0.15) is 11.8 Å². The highest BCUT2D eigenvalue weighted by Crippen LogP contribution is 2.32. The van der Waals surface area contributed by atoms with E-state index in [9.17, 15) is 18.4 Å². The molecule has 0 bridgehead atoms. The Balaban J connectivity index is 1.70. The molecule has 2 aromatic rings. The number of carbonyl (C=O) groups is 2. The molecule has 0 aromatic heterocycles. The fourth-order valence-electron chi connectivity index (χ4n) is 2.32. The summed E-state index contributed by atoms with van der Waals surface area (Å²) in [7, 11) is 0. The van der Waals surface area contributed by atoms with Crippen molar-refractivity contribution < 1.29 is 18.4 Å². The van der Waals surface area contributed by atoms with Gasteiger partial charge in [-0.15, -0.1) is 0 Å². The van der Waals surface area contributed by atoms with Gasteiger partial charge in [0.1, 0.15) is 11.6 Å². The number of carbonyl (C=O) groups excluding carboxylic acids is 2. The Morgan fingerprint density at radius 1 is 1.04 bits per heavy atom. The van der Waals surface area contributed by atoms with Crippen LogP contribution in [0.25, 0.3) is 0 Å². The maximum Gasteiger partial charge on any atom is 0.321 e. The summed E-state index contributed by atoms with van der Waals surface area (Å²) in [5, 5.41) is 4.39. The Kier molecular flexibility index (Phi) is 7.59. The van der Waals surface area contributed by atoms with E-state index in [1.54, 1.807) is 6.92 Å². The second-order valence-corrected chi connectivity index (χ2v) is 7.06. The molecule has 0 saturated carbocycles. The summed E-state index contributed by atoms with van der Waals surface area (Å²) in [5.41, 5.74) is 0.921. The van der Waals surface area contributed by atoms with Crippen LogP contribution in [0, 0.1) is 11.6 Å². The summed E-state index contributed by atoms with van der Waals surface area (Å²) in [5.74, 6) is -1.30. The molecule has 3 amide bonds. The maximum atomic E-state index is 13.7. The van der Waals surface area contributed by atoms with Gasteiger partial charge >= 0.3 is 6.03 Å². The van der Waals surface area contributed by atoms with Gasteiger partial charge in [0, 0.05) is 29.5 Å². The minimum Gasteiger partial charge on any atom is -0.334 e. The molecule has 0 saturated heterocycles. The zero-order valence-corrected chi connectivity index (χ0v) is 15.1. The van der Waals surface area contributed by atoms with E-state index in [2.05, 4.69) is 10.6 Å². The first-order valence-electron chi connectivity index (χ1n) is 8.14. The summed E-state index contributed by atoms with van der Waals surface area (Å²) in [6.45, 7) is 1.99. The Morgan fingerprint density at radius 2 is 1.69 bits per heavy atom. The van der Waals surface area contributed by atoms with Crippen molar-refractivity contribution in [1.82, 2.24) is 10.6 Å². The molecule has 0 fully saturated rings. The maximum absolute atomic E-state index is 13.7. The molecule has 0 aliphatic carbocycles. The monoisotopic (exact) mass is 378 g/mol. The number of imide groups is 1. The number of amides is 3. The topological polar surface area (TPSA) is 58.2 Å². The van der Waals surface area contributed by atoms with Crippen LogP contribution < -0.4 is 10.6 Å². The number of nitrogens with one attached hydrogen (secondary N) is 2. The molecule has 0 radical (unpaired) electrons. The number of rotatable bonds is 7. The lowest BCUT2D eigenvalue weighted by atomic mass is 10.1. The van der Waals surface area contributed by atoms with Crippen molar-refractivity contribution in [2.45, 2.75) is 25.1 Å². The van der Waals surface area contributed by atoms with Crippen molar-refractivity contribution in [3.63, 3.8) is 0 Å². The predicted molar refractivity (Wildman–Crippen MR) is 98.7 cm³/mol. The zero-order chi connectivity index (χ0) is 18.9. The highest BCUT2D eigenvalue weighted by atomic mass is 32.2. The second-order valence-electron chi connectivity index (χ2n) is 5.61. The van der Waals surface area contributed by atoms with Crippen LogP contribution in [0.3, 0.4) is 0 Å². The lowest BCUT2D eigenvalue weighted by Gasteiger charge is -2.13. The van der Waals surface area contributed by atoms with E-state index in [0.717, 1.165) is 5.56 Å². The van der Waals surface area contributed by atoms with Gasteiger partial charge in [0.25, 0.3) is 0 Å². The van der Waals surface area contributed by atoms with Crippen LogP contribution in [-0.2, 0) is 11.3 Å². The Hall–Kier alpha value is -2.41. The molecular formula is C19H20F2N2O2S. The molecule has 4 nitrogen and oxygen atoms in total. The van der Waals surface area contributed by atoms with Gasteiger partial charge in [0.15, 0.2) is 0 Å². The van der Waals surface area contributed by atoms with Gasteiger partial charge in [-0.3, -0.25) is 10.1 Å². The number of thioether (sulfide) groups is 1. The summed E-state index contributed by atoms with van der Waals surface area (Å²) >= 11 is 1.25. The molecule has 2 aromatic carbocycles.